The summed E-state index contributed by atoms with van der Waals surface area (Å²) in [5, 5.41) is 7.30. The number of hydrogen-bond acceptors (Lipinski definition) is 3. The van der Waals surface area contributed by atoms with E-state index in [1.54, 1.807) is 18.2 Å². The Bertz CT molecular complexity index is 765. The van der Waals surface area contributed by atoms with Crippen molar-refractivity contribution in [2.45, 2.75) is 65.1 Å². The van der Waals surface area contributed by atoms with E-state index in [4.69, 9.17) is 12.2 Å². The van der Waals surface area contributed by atoms with Crippen LogP contribution in [0.4, 0.5) is 10.1 Å². The molecule has 0 bridgehead atoms. The highest BCUT2D eigenvalue weighted by molar-refractivity contribution is 7.80. The van der Waals surface area contributed by atoms with E-state index in [1.807, 2.05) is 0 Å². The number of anilines is 1. The lowest BCUT2D eigenvalue weighted by Crippen LogP contribution is -2.60. The lowest BCUT2D eigenvalue weighted by atomic mass is 9.94. The zero-order valence-electron chi connectivity index (χ0n) is 18.6. The van der Waals surface area contributed by atoms with E-state index in [2.05, 4.69) is 48.1 Å². The van der Waals surface area contributed by atoms with Gasteiger partial charge in [-0.3, -0.25) is 10.1 Å². The molecule has 2 saturated heterocycles. The Hall–Kier alpha value is -1.73. The second-order valence-corrected chi connectivity index (χ2v) is 9.29. The molecule has 3 rings (SSSR count). The zero-order chi connectivity index (χ0) is 21.9. The number of thiocarbonyl (C=S) groups is 1. The van der Waals surface area contributed by atoms with Crippen molar-refractivity contribution < 1.29 is 9.18 Å². The minimum absolute atomic E-state index is 0.117. The van der Waals surface area contributed by atoms with Gasteiger partial charge in [0.2, 0.25) is 5.91 Å². The molecular weight excluding hydrogens is 399 g/mol. The fourth-order valence-corrected chi connectivity index (χ4v) is 4.68. The number of likely N-dealkylation sites (tertiary alicyclic amines) is 1. The van der Waals surface area contributed by atoms with Crippen LogP contribution in [-0.4, -0.2) is 52.2 Å². The Kier molecular flexibility index (Phi) is 7.34. The summed E-state index contributed by atoms with van der Waals surface area (Å²) in [6, 6.07) is 6.45. The molecule has 2 aliphatic heterocycles. The molecule has 3 atom stereocenters. The Morgan fingerprint density at radius 3 is 2.53 bits per heavy atom. The SMILES string of the molecule is CC[C@H](C)CN1C(=O)[C@@H]([C@H](C)CC)NC12CCN(C(=S)Nc1ccccc1F)CC2. The molecule has 0 unspecified atom stereocenters. The van der Waals surface area contributed by atoms with Gasteiger partial charge in [0, 0.05) is 32.5 Å². The first kappa shape index (κ1) is 22.9. The van der Waals surface area contributed by atoms with E-state index < -0.39 is 0 Å². The molecule has 0 radical (unpaired) electrons. The Morgan fingerprint density at radius 2 is 1.93 bits per heavy atom. The monoisotopic (exact) mass is 434 g/mol. The molecule has 0 aromatic heterocycles. The predicted molar refractivity (Wildman–Crippen MR) is 124 cm³/mol. The number of carbonyl (C=O) groups is 1. The standard InChI is InChI=1S/C23H35FN4OS/c1-5-16(3)15-28-21(29)20(17(4)6-2)26-23(28)11-13-27(14-12-23)22(30)25-19-10-8-7-9-18(19)24/h7-10,16-17,20,26H,5-6,11-15H2,1-4H3,(H,25,30)/t16-,17+,20+/m0/s1. The molecule has 5 nitrogen and oxygen atoms in total. The summed E-state index contributed by atoms with van der Waals surface area (Å²) in [4.78, 5) is 17.5. The first-order valence-electron chi connectivity index (χ1n) is 11.2. The van der Waals surface area contributed by atoms with E-state index >= 15 is 0 Å². The minimum atomic E-state index is -0.312. The average molecular weight is 435 g/mol. The van der Waals surface area contributed by atoms with Crippen LogP contribution in [0, 0.1) is 17.7 Å². The number of nitrogens with zero attached hydrogens (tertiary/aromatic N) is 2. The number of rotatable bonds is 6. The zero-order valence-corrected chi connectivity index (χ0v) is 19.4. The third-order valence-electron chi connectivity index (χ3n) is 6.87. The molecule has 166 valence electrons. The normalized spacial score (nSPS) is 23.0. The summed E-state index contributed by atoms with van der Waals surface area (Å²) in [5.41, 5.74) is 0.0887. The molecule has 0 saturated carbocycles. The topological polar surface area (TPSA) is 47.6 Å². The van der Waals surface area contributed by atoms with Gasteiger partial charge in [-0.1, -0.05) is 52.7 Å². The summed E-state index contributed by atoms with van der Waals surface area (Å²) < 4.78 is 14.0. The fourth-order valence-electron chi connectivity index (χ4n) is 4.39. The van der Waals surface area contributed by atoms with Crippen molar-refractivity contribution in [2.24, 2.45) is 11.8 Å². The summed E-state index contributed by atoms with van der Waals surface area (Å²) in [6.45, 7) is 10.9. The fraction of sp³-hybridized carbons (Fsp3) is 0.652. The number of para-hydroxylation sites is 1. The quantitative estimate of drug-likeness (QED) is 0.657. The molecule has 1 aromatic carbocycles. The largest absolute Gasteiger partial charge is 0.349 e. The van der Waals surface area contributed by atoms with Gasteiger partial charge in [-0.15, -0.1) is 0 Å². The van der Waals surface area contributed by atoms with Crippen LogP contribution < -0.4 is 10.6 Å². The van der Waals surface area contributed by atoms with Crippen molar-refractivity contribution in [1.29, 1.82) is 0 Å². The lowest BCUT2D eigenvalue weighted by molar-refractivity contribution is -0.134. The highest BCUT2D eigenvalue weighted by Gasteiger charge is 2.52. The third kappa shape index (κ3) is 4.62. The summed E-state index contributed by atoms with van der Waals surface area (Å²) in [5.74, 6) is 0.695. The maximum atomic E-state index is 14.0. The third-order valence-corrected chi connectivity index (χ3v) is 7.23. The highest BCUT2D eigenvalue weighted by atomic mass is 32.1. The van der Waals surface area contributed by atoms with Gasteiger partial charge in [0.05, 0.1) is 17.4 Å². The molecule has 2 fully saturated rings. The van der Waals surface area contributed by atoms with Crippen LogP contribution in [0.2, 0.25) is 0 Å². The average Bonchev–Trinajstić information content (AvgIpc) is 3.01. The van der Waals surface area contributed by atoms with E-state index in [0.29, 0.717) is 22.6 Å². The van der Waals surface area contributed by atoms with Gasteiger partial charge < -0.3 is 15.1 Å². The van der Waals surface area contributed by atoms with Crippen molar-refractivity contribution in [1.82, 2.24) is 15.1 Å². The van der Waals surface area contributed by atoms with Gasteiger partial charge in [-0.05, 0) is 36.2 Å². The molecule has 1 amide bonds. The van der Waals surface area contributed by atoms with Gasteiger partial charge in [-0.2, -0.15) is 0 Å². The first-order valence-corrected chi connectivity index (χ1v) is 11.6. The van der Waals surface area contributed by atoms with Gasteiger partial charge in [0.15, 0.2) is 5.11 Å². The van der Waals surface area contributed by atoms with Crippen LogP contribution in [0.25, 0.3) is 0 Å². The number of amides is 1. The molecule has 2 N–H and O–H groups in total. The molecule has 1 spiro atoms. The van der Waals surface area contributed by atoms with Crippen LogP contribution in [0.5, 0.6) is 0 Å². The number of halogens is 1. The summed E-state index contributed by atoms with van der Waals surface area (Å²) in [7, 11) is 0. The van der Waals surface area contributed by atoms with Crippen molar-refractivity contribution in [2.75, 3.05) is 25.0 Å². The smallest absolute Gasteiger partial charge is 0.241 e. The van der Waals surface area contributed by atoms with Gasteiger partial charge >= 0.3 is 0 Å². The number of hydrogen-bond donors (Lipinski definition) is 2. The highest BCUT2D eigenvalue weighted by Crippen LogP contribution is 2.36. The molecule has 0 aliphatic carbocycles. The van der Waals surface area contributed by atoms with Crippen molar-refractivity contribution in [3.05, 3.63) is 30.1 Å². The molecule has 7 heteroatoms. The predicted octanol–water partition coefficient (Wildman–Crippen LogP) is 4.21. The van der Waals surface area contributed by atoms with E-state index in [-0.39, 0.29) is 23.4 Å². The maximum absolute atomic E-state index is 14.0. The van der Waals surface area contributed by atoms with Crippen molar-refractivity contribution in [3.8, 4) is 0 Å². The van der Waals surface area contributed by atoms with E-state index in [9.17, 15) is 9.18 Å². The molecule has 2 aliphatic rings. The van der Waals surface area contributed by atoms with E-state index in [1.165, 1.54) is 6.07 Å². The minimum Gasteiger partial charge on any atom is -0.349 e. The molecule has 30 heavy (non-hydrogen) atoms. The van der Waals surface area contributed by atoms with Crippen LogP contribution in [0.15, 0.2) is 24.3 Å². The van der Waals surface area contributed by atoms with E-state index in [0.717, 1.165) is 45.3 Å². The Morgan fingerprint density at radius 1 is 1.27 bits per heavy atom. The second kappa shape index (κ2) is 9.60. The number of benzene rings is 1. The van der Waals surface area contributed by atoms with Crippen LogP contribution in [0.1, 0.15) is 53.4 Å². The van der Waals surface area contributed by atoms with Crippen LogP contribution in [-0.2, 0) is 4.79 Å². The number of carbonyl (C=O) groups excluding carboxylic acids is 1. The van der Waals surface area contributed by atoms with Crippen LogP contribution in [0.3, 0.4) is 0 Å². The molecular formula is C23H35FN4OS. The first-order chi connectivity index (χ1) is 14.3. The maximum Gasteiger partial charge on any atom is 0.241 e. The second-order valence-electron chi connectivity index (χ2n) is 8.90. The number of piperidine rings is 1. The lowest BCUT2D eigenvalue weighted by Gasteiger charge is -2.46. The molecule has 2 heterocycles. The molecule has 1 aromatic rings. The van der Waals surface area contributed by atoms with Gasteiger partial charge in [-0.25, -0.2) is 4.39 Å². The summed E-state index contributed by atoms with van der Waals surface area (Å²) >= 11 is 5.55. The summed E-state index contributed by atoms with van der Waals surface area (Å²) in [6.07, 6.45) is 3.64. The van der Waals surface area contributed by atoms with Gasteiger partial charge in [0.25, 0.3) is 0 Å². The van der Waals surface area contributed by atoms with Crippen LogP contribution >= 0.6 is 12.2 Å². The number of nitrogens with one attached hydrogen (secondary N) is 2. The van der Waals surface area contributed by atoms with Crippen molar-refractivity contribution in [3.63, 3.8) is 0 Å². The Labute approximate surface area is 185 Å². The van der Waals surface area contributed by atoms with Crippen molar-refractivity contribution >= 4 is 28.9 Å². The van der Waals surface area contributed by atoms with Gasteiger partial charge in [0.1, 0.15) is 5.82 Å². The Balaban J connectivity index is 1.70.